The van der Waals surface area contributed by atoms with E-state index >= 15 is 0 Å². The minimum atomic E-state index is -0.0664. The lowest BCUT2D eigenvalue weighted by Crippen LogP contribution is -3.08. The molecule has 0 saturated carbocycles. The second kappa shape index (κ2) is 8.81. The molecule has 0 spiro atoms. The Morgan fingerprint density at radius 3 is 2.53 bits per heavy atom. The number of aromatic amines is 1. The quantitative estimate of drug-likeness (QED) is 0.482. The Kier molecular flexibility index (Phi) is 5.97. The number of thiophene rings is 1. The van der Waals surface area contributed by atoms with Crippen LogP contribution in [0.2, 0.25) is 0 Å². The highest BCUT2D eigenvalue weighted by molar-refractivity contribution is 7.19. The van der Waals surface area contributed by atoms with Crippen molar-refractivity contribution in [3.05, 3.63) is 81.2 Å². The highest BCUT2D eigenvalue weighted by Gasteiger charge is 2.17. The van der Waals surface area contributed by atoms with Gasteiger partial charge in [-0.05, 0) is 31.5 Å². The van der Waals surface area contributed by atoms with Crippen LogP contribution in [0.3, 0.4) is 0 Å². The number of nitrogens with one attached hydrogen (secondary N) is 2. The number of ether oxygens (including phenoxy) is 1. The van der Waals surface area contributed by atoms with Gasteiger partial charge in [-0.25, -0.2) is 4.98 Å². The first-order valence-corrected chi connectivity index (χ1v) is 10.9. The molecule has 0 radical (unpaired) electrons. The van der Waals surface area contributed by atoms with Crippen LogP contribution in [-0.2, 0) is 6.54 Å². The van der Waals surface area contributed by atoms with Crippen LogP contribution >= 0.6 is 11.3 Å². The van der Waals surface area contributed by atoms with E-state index < -0.39 is 0 Å². The second-order valence-electron chi connectivity index (χ2n) is 7.64. The lowest BCUT2D eigenvalue weighted by molar-refractivity contribution is -0.894. The standard InChI is InChI=1S/C24H25N3O2S/c1-16-9-11-18(12-10-16)21-17(2)30-24-22(21)23(28)25-20(26-24)15-27(3)13-14-29-19-7-5-4-6-8-19/h4-12H,13-15H2,1-3H3,(H,25,26,28)/p+1. The molecule has 2 heterocycles. The van der Waals surface area contributed by atoms with Crippen molar-refractivity contribution in [3.8, 4) is 16.9 Å². The number of aryl methyl sites for hydroxylation is 2. The Morgan fingerprint density at radius 2 is 1.80 bits per heavy atom. The van der Waals surface area contributed by atoms with Crippen LogP contribution in [-0.4, -0.2) is 30.2 Å². The fourth-order valence-corrected chi connectivity index (χ4v) is 4.61. The summed E-state index contributed by atoms with van der Waals surface area (Å²) in [5.74, 6) is 1.58. The molecule has 4 aromatic rings. The number of rotatable bonds is 7. The van der Waals surface area contributed by atoms with Crippen LogP contribution in [0.1, 0.15) is 16.3 Å². The Morgan fingerprint density at radius 1 is 1.07 bits per heavy atom. The zero-order valence-corrected chi connectivity index (χ0v) is 18.3. The van der Waals surface area contributed by atoms with E-state index in [-0.39, 0.29) is 5.56 Å². The SMILES string of the molecule is Cc1ccc(-c2c(C)sc3nc(C[NH+](C)CCOc4ccccc4)[nH]c(=O)c23)cc1. The van der Waals surface area contributed by atoms with Crippen LogP contribution < -0.4 is 15.2 Å². The van der Waals surface area contributed by atoms with E-state index in [1.807, 2.05) is 30.3 Å². The second-order valence-corrected chi connectivity index (χ2v) is 8.84. The highest BCUT2D eigenvalue weighted by Crippen LogP contribution is 2.35. The summed E-state index contributed by atoms with van der Waals surface area (Å²) in [6.07, 6.45) is 0. The van der Waals surface area contributed by atoms with E-state index in [9.17, 15) is 4.79 Å². The van der Waals surface area contributed by atoms with Gasteiger partial charge in [-0.15, -0.1) is 11.3 Å². The topological polar surface area (TPSA) is 59.4 Å². The molecular formula is C24H26N3O2S+. The number of H-pyrrole nitrogens is 1. The number of benzene rings is 2. The van der Waals surface area contributed by atoms with Gasteiger partial charge in [0.15, 0.2) is 5.82 Å². The van der Waals surface area contributed by atoms with Gasteiger partial charge in [0, 0.05) is 10.4 Å². The third-order valence-electron chi connectivity index (χ3n) is 5.14. The predicted molar refractivity (Wildman–Crippen MR) is 123 cm³/mol. The minimum Gasteiger partial charge on any atom is -0.488 e. The monoisotopic (exact) mass is 420 g/mol. The maximum Gasteiger partial charge on any atom is 0.260 e. The summed E-state index contributed by atoms with van der Waals surface area (Å²) in [7, 11) is 2.08. The Hall–Kier alpha value is -2.96. The van der Waals surface area contributed by atoms with Crippen molar-refractivity contribution in [2.45, 2.75) is 20.4 Å². The number of hydrogen-bond donors (Lipinski definition) is 2. The van der Waals surface area contributed by atoms with Crippen molar-refractivity contribution in [3.63, 3.8) is 0 Å². The van der Waals surface area contributed by atoms with E-state index in [4.69, 9.17) is 9.72 Å². The molecule has 2 aromatic heterocycles. The average Bonchev–Trinajstić information content (AvgIpc) is 3.05. The van der Waals surface area contributed by atoms with Crippen molar-refractivity contribution < 1.29 is 9.64 Å². The van der Waals surface area contributed by atoms with E-state index in [1.165, 1.54) is 10.5 Å². The molecule has 2 aromatic carbocycles. The van der Waals surface area contributed by atoms with Gasteiger partial charge in [0.1, 0.15) is 30.3 Å². The molecule has 2 N–H and O–H groups in total. The number of hydrogen-bond acceptors (Lipinski definition) is 4. The van der Waals surface area contributed by atoms with E-state index in [0.29, 0.717) is 24.4 Å². The van der Waals surface area contributed by atoms with Crippen LogP contribution in [0.5, 0.6) is 5.75 Å². The van der Waals surface area contributed by atoms with Crippen molar-refractivity contribution in [2.24, 2.45) is 0 Å². The third kappa shape index (κ3) is 4.45. The van der Waals surface area contributed by atoms with E-state index in [0.717, 1.165) is 33.1 Å². The molecule has 1 unspecified atom stereocenters. The first-order chi connectivity index (χ1) is 14.5. The lowest BCUT2D eigenvalue weighted by Gasteiger charge is -2.14. The number of para-hydroxylation sites is 1. The number of likely N-dealkylation sites (N-methyl/N-ethyl adjacent to an activating group) is 1. The molecule has 4 rings (SSSR count). The summed E-state index contributed by atoms with van der Waals surface area (Å²) in [5.41, 5.74) is 3.19. The predicted octanol–water partition coefficient (Wildman–Crippen LogP) is 3.36. The highest BCUT2D eigenvalue weighted by atomic mass is 32.1. The van der Waals surface area contributed by atoms with Crippen LogP contribution in [0.25, 0.3) is 21.3 Å². The van der Waals surface area contributed by atoms with Gasteiger partial charge in [0.05, 0.1) is 12.4 Å². The molecule has 0 amide bonds. The molecule has 30 heavy (non-hydrogen) atoms. The van der Waals surface area contributed by atoms with Gasteiger partial charge in [0.2, 0.25) is 0 Å². The minimum absolute atomic E-state index is 0.0664. The van der Waals surface area contributed by atoms with Crippen LogP contribution in [0, 0.1) is 13.8 Å². The van der Waals surface area contributed by atoms with Gasteiger partial charge < -0.3 is 14.6 Å². The summed E-state index contributed by atoms with van der Waals surface area (Å²) in [5, 5.41) is 0.690. The molecule has 0 aliphatic heterocycles. The molecule has 0 fully saturated rings. The molecule has 1 atom stereocenters. The summed E-state index contributed by atoms with van der Waals surface area (Å²) >= 11 is 1.58. The van der Waals surface area contributed by atoms with Crippen molar-refractivity contribution >= 4 is 21.6 Å². The summed E-state index contributed by atoms with van der Waals surface area (Å²) < 4.78 is 5.77. The van der Waals surface area contributed by atoms with Gasteiger partial charge >= 0.3 is 0 Å². The van der Waals surface area contributed by atoms with Gasteiger partial charge in [-0.2, -0.15) is 0 Å². The first-order valence-electron chi connectivity index (χ1n) is 10.1. The number of nitrogens with zero attached hydrogens (tertiary/aromatic N) is 1. The number of fused-ring (bicyclic) bond motifs is 1. The Balaban J connectivity index is 1.50. The Labute approximate surface area is 180 Å². The van der Waals surface area contributed by atoms with Crippen molar-refractivity contribution in [2.75, 3.05) is 20.2 Å². The van der Waals surface area contributed by atoms with Crippen LogP contribution in [0.15, 0.2) is 59.4 Å². The van der Waals surface area contributed by atoms with Gasteiger partial charge in [0.25, 0.3) is 5.56 Å². The fraction of sp³-hybridized carbons (Fsp3) is 0.250. The molecule has 154 valence electrons. The van der Waals surface area contributed by atoms with E-state index in [1.54, 1.807) is 11.3 Å². The smallest absolute Gasteiger partial charge is 0.260 e. The van der Waals surface area contributed by atoms with Gasteiger partial charge in [-0.3, -0.25) is 4.79 Å². The molecule has 6 heteroatoms. The van der Waals surface area contributed by atoms with Gasteiger partial charge in [-0.1, -0.05) is 48.0 Å². The molecule has 0 bridgehead atoms. The van der Waals surface area contributed by atoms with Crippen molar-refractivity contribution in [1.82, 2.24) is 9.97 Å². The number of aromatic nitrogens is 2. The third-order valence-corrected chi connectivity index (χ3v) is 6.14. The molecule has 5 nitrogen and oxygen atoms in total. The summed E-state index contributed by atoms with van der Waals surface area (Å²) in [6, 6.07) is 18.1. The van der Waals surface area contributed by atoms with Crippen LogP contribution in [0.4, 0.5) is 0 Å². The number of quaternary nitrogens is 1. The zero-order chi connectivity index (χ0) is 21.1. The maximum absolute atomic E-state index is 12.9. The molecule has 0 saturated heterocycles. The lowest BCUT2D eigenvalue weighted by atomic mass is 10.0. The molecule has 0 aliphatic carbocycles. The average molecular weight is 421 g/mol. The molecule has 0 aliphatic rings. The Bertz CT molecular complexity index is 1200. The first kappa shape index (κ1) is 20.3. The van der Waals surface area contributed by atoms with E-state index in [2.05, 4.69) is 50.1 Å². The van der Waals surface area contributed by atoms with Crippen molar-refractivity contribution in [1.29, 1.82) is 0 Å². The molecular weight excluding hydrogens is 394 g/mol. The largest absolute Gasteiger partial charge is 0.488 e. The maximum atomic E-state index is 12.9. The fourth-order valence-electron chi connectivity index (χ4n) is 3.55. The summed E-state index contributed by atoms with van der Waals surface area (Å²) in [4.78, 5) is 23.8. The normalized spacial score (nSPS) is 12.2. The summed E-state index contributed by atoms with van der Waals surface area (Å²) in [6.45, 7) is 6.18. The zero-order valence-electron chi connectivity index (χ0n) is 17.5.